The Balaban J connectivity index is 1.80. The molecule has 3 heteroatoms. The van der Waals surface area contributed by atoms with Gasteiger partial charge in [-0.2, -0.15) is 0 Å². The zero-order chi connectivity index (χ0) is 20.9. The molecule has 0 saturated heterocycles. The second-order valence-electron chi connectivity index (χ2n) is 9.24. The molecule has 2 aliphatic rings. The summed E-state index contributed by atoms with van der Waals surface area (Å²) < 4.78 is 2.41. The van der Waals surface area contributed by atoms with Crippen molar-refractivity contribution in [3.8, 4) is 5.69 Å². The molecule has 0 bridgehead atoms. The molecule has 0 aliphatic carbocycles. The van der Waals surface area contributed by atoms with Gasteiger partial charge >= 0.3 is 0 Å². The zero-order valence-corrected chi connectivity index (χ0v) is 17.5. The topological polar surface area (TPSA) is 9.29 Å². The molecule has 3 heterocycles. The van der Waals surface area contributed by atoms with Crippen molar-refractivity contribution in [2.24, 2.45) is 0 Å². The van der Waals surface area contributed by atoms with Crippen molar-refractivity contribution in [1.82, 2.24) is 4.57 Å². The number of hydrogen-bond acceptors (Lipinski definition) is 0. The first-order chi connectivity index (χ1) is 15.1. The molecule has 0 radical (unpaired) electrons. The van der Waals surface area contributed by atoms with Crippen LogP contribution in [-0.2, 0) is 5.41 Å². The second kappa shape index (κ2) is 5.48. The predicted octanol–water partition coefficient (Wildman–Crippen LogP) is 4.80. The third kappa shape index (κ3) is 1.85. The van der Waals surface area contributed by atoms with E-state index >= 15 is 0 Å². The summed E-state index contributed by atoms with van der Waals surface area (Å²) in [4.78, 5) is 4.01. The first-order valence-electron chi connectivity index (χ1n) is 10.8. The van der Waals surface area contributed by atoms with Crippen molar-refractivity contribution in [3.05, 3.63) is 101 Å². The smallest absolute Gasteiger partial charge is 0.236 e. The Bertz CT molecular complexity index is 1630. The van der Waals surface area contributed by atoms with E-state index in [1.807, 2.05) is 6.07 Å². The van der Waals surface area contributed by atoms with Gasteiger partial charge in [0.2, 0.25) is 6.71 Å². The number of nitrogens with zero attached hydrogens (tertiary/aromatic N) is 2. The maximum absolute atomic E-state index is 7.99. The lowest BCUT2D eigenvalue weighted by Gasteiger charge is -2.42. The van der Waals surface area contributed by atoms with E-state index < -0.39 is 0 Å². The zero-order valence-electron chi connectivity index (χ0n) is 17.5. The van der Waals surface area contributed by atoms with Gasteiger partial charge in [-0.25, -0.2) is 4.85 Å². The third-order valence-electron chi connectivity index (χ3n) is 7.49. The van der Waals surface area contributed by atoms with Crippen LogP contribution in [0.15, 0.2) is 78.9 Å². The summed E-state index contributed by atoms with van der Waals surface area (Å²) in [6.45, 7) is 12.7. The highest BCUT2D eigenvalue weighted by atomic mass is 15.0. The van der Waals surface area contributed by atoms with Crippen LogP contribution in [0, 0.1) is 6.57 Å². The number of benzene rings is 4. The van der Waals surface area contributed by atoms with Gasteiger partial charge in [0, 0.05) is 27.4 Å². The Morgan fingerprint density at radius 2 is 1.55 bits per heavy atom. The molecule has 5 aromatic rings. The number of fused-ring (bicyclic) bond motifs is 7. The minimum atomic E-state index is -0.0922. The van der Waals surface area contributed by atoms with Crippen LogP contribution in [0.25, 0.3) is 32.3 Å². The van der Waals surface area contributed by atoms with E-state index in [0.29, 0.717) is 0 Å². The standard InChI is InChI=1S/C28H19BN2/c1-28(2)19-10-5-6-12-21(19)29-25-20(28)11-8-14-24(25)31-23-13-7-4-9-17(23)18-15-16-22(30-3)26(29)27(18)31/h4-16H,1-2H3. The van der Waals surface area contributed by atoms with Crippen LogP contribution in [0.2, 0.25) is 0 Å². The van der Waals surface area contributed by atoms with Gasteiger partial charge in [-0.1, -0.05) is 86.0 Å². The minimum absolute atomic E-state index is 0.0834. The highest BCUT2D eigenvalue weighted by Crippen LogP contribution is 2.40. The number of rotatable bonds is 0. The normalized spacial score (nSPS) is 14.9. The van der Waals surface area contributed by atoms with Crippen molar-refractivity contribution >= 4 is 50.6 Å². The van der Waals surface area contributed by atoms with Crippen molar-refractivity contribution in [1.29, 1.82) is 0 Å². The summed E-state index contributed by atoms with van der Waals surface area (Å²) in [6, 6.07) is 28.4. The summed E-state index contributed by atoms with van der Waals surface area (Å²) in [6.07, 6.45) is 0. The highest BCUT2D eigenvalue weighted by molar-refractivity contribution is 6.99. The maximum Gasteiger partial charge on any atom is 0.236 e. The monoisotopic (exact) mass is 394 g/mol. The van der Waals surface area contributed by atoms with E-state index in [9.17, 15) is 0 Å². The lowest BCUT2D eigenvalue weighted by atomic mass is 9.30. The Morgan fingerprint density at radius 1 is 0.774 bits per heavy atom. The summed E-state index contributed by atoms with van der Waals surface area (Å²) in [7, 11) is 0. The van der Waals surface area contributed by atoms with Crippen LogP contribution in [-0.4, -0.2) is 11.3 Å². The second-order valence-corrected chi connectivity index (χ2v) is 9.24. The molecular weight excluding hydrogens is 375 g/mol. The molecule has 0 amide bonds. The minimum Gasteiger partial charge on any atom is -0.312 e. The molecule has 4 aromatic carbocycles. The Morgan fingerprint density at radius 3 is 2.42 bits per heavy atom. The van der Waals surface area contributed by atoms with E-state index in [2.05, 4.69) is 96.1 Å². The Labute approximate surface area is 181 Å². The molecule has 0 spiro atoms. The molecular formula is C28H19BN2. The molecule has 144 valence electrons. The fourth-order valence-electron chi connectivity index (χ4n) is 6.22. The van der Waals surface area contributed by atoms with Crippen LogP contribution in [0.3, 0.4) is 0 Å². The first kappa shape index (κ1) is 17.0. The van der Waals surface area contributed by atoms with Crippen molar-refractivity contribution < 1.29 is 0 Å². The Kier molecular flexibility index (Phi) is 3.00. The lowest BCUT2D eigenvalue weighted by molar-refractivity contribution is 0.645. The van der Waals surface area contributed by atoms with Gasteiger partial charge in [0.05, 0.1) is 12.1 Å². The van der Waals surface area contributed by atoms with Gasteiger partial charge in [0.25, 0.3) is 0 Å². The largest absolute Gasteiger partial charge is 0.312 e. The predicted molar refractivity (Wildman–Crippen MR) is 130 cm³/mol. The number of hydrogen-bond donors (Lipinski definition) is 0. The maximum atomic E-state index is 7.99. The van der Waals surface area contributed by atoms with Gasteiger partial charge in [-0.3, -0.25) is 0 Å². The van der Waals surface area contributed by atoms with E-state index in [1.54, 1.807) is 0 Å². The quantitative estimate of drug-likeness (QED) is 0.259. The van der Waals surface area contributed by atoms with E-state index in [4.69, 9.17) is 6.57 Å². The van der Waals surface area contributed by atoms with Crippen LogP contribution in [0.1, 0.15) is 25.0 Å². The first-order valence-corrected chi connectivity index (χ1v) is 10.8. The van der Waals surface area contributed by atoms with Gasteiger partial charge < -0.3 is 4.57 Å². The molecule has 2 nitrogen and oxygen atoms in total. The average Bonchev–Trinajstić information content (AvgIpc) is 3.14. The molecule has 1 aromatic heterocycles. The van der Waals surface area contributed by atoms with Crippen LogP contribution < -0.4 is 16.4 Å². The van der Waals surface area contributed by atoms with Crippen LogP contribution in [0.5, 0.6) is 0 Å². The molecule has 0 N–H and O–H groups in total. The molecule has 7 rings (SSSR count). The van der Waals surface area contributed by atoms with E-state index in [1.165, 1.54) is 49.5 Å². The summed E-state index contributed by atoms with van der Waals surface area (Å²) in [5.74, 6) is 0. The summed E-state index contributed by atoms with van der Waals surface area (Å²) in [5.41, 5.74) is 10.9. The van der Waals surface area contributed by atoms with Crippen molar-refractivity contribution in [2.75, 3.05) is 0 Å². The van der Waals surface area contributed by atoms with Crippen LogP contribution in [0.4, 0.5) is 5.69 Å². The fourth-order valence-corrected chi connectivity index (χ4v) is 6.22. The molecule has 0 fully saturated rings. The molecule has 0 saturated carbocycles. The van der Waals surface area contributed by atoms with Gasteiger partial charge in [0.15, 0.2) is 5.69 Å². The Hall–Kier alpha value is -3.77. The number of para-hydroxylation sites is 1. The van der Waals surface area contributed by atoms with E-state index in [0.717, 1.165) is 11.2 Å². The number of aromatic nitrogens is 1. The van der Waals surface area contributed by atoms with Gasteiger partial charge in [-0.15, -0.1) is 0 Å². The molecule has 2 aliphatic heterocycles. The fraction of sp³-hybridized carbons (Fsp3) is 0.107. The lowest BCUT2D eigenvalue weighted by Crippen LogP contribution is -2.63. The van der Waals surface area contributed by atoms with E-state index in [-0.39, 0.29) is 12.1 Å². The summed E-state index contributed by atoms with van der Waals surface area (Å²) in [5, 5.41) is 2.48. The summed E-state index contributed by atoms with van der Waals surface area (Å²) >= 11 is 0. The van der Waals surface area contributed by atoms with Crippen LogP contribution >= 0.6 is 0 Å². The van der Waals surface area contributed by atoms with Crippen molar-refractivity contribution in [2.45, 2.75) is 19.3 Å². The average molecular weight is 394 g/mol. The molecule has 31 heavy (non-hydrogen) atoms. The highest BCUT2D eigenvalue weighted by Gasteiger charge is 2.45. The SMILES string of the molecule is [C-]#[N+]c1ccc2c3ccccc3n3c2c1B1c2ccccc2C(C)(C)c2cccc-3c21. The molecule has 0 atom stereocenters. The van der Waals surface area contributed by atoms with Crippen molar-refractivity contribution in [3.63, 3.8) is 0 Å². The van der Waals surface area contributed by atoms with Gasteiger partial charge in [-0.05, 0) is 34.2 Å². The van der Waals surface area contributed by atoms with Gasteiger partial charge in [0.1, 0.15) is 0 Å². The third-order valence-corrected chi connectivity index (χ3v) is 7.49. The molecule has 0 unspecified atom stereocenters.